The molecule has 0 bridgehead atoms. The van der Waals surface area contributed by atoms with Crippen LogP contribution in [0.1, 0.15) is 19.4 Å². The molecule has 2 atom stereocenters. The van der Waals surface area contributed by atoms with Crippen molar-refractivity contribution in [1.29, 1.82) is 0 Å². The van der Waals surface area contributed by atoms with Gasteiger partial charge in [0.15, 0.2) is 0 Å². The van der Waals surface area contributed by atoms with Crippen molar-refractivity contribution in [2.75, 3.05) is 19.7 Å². The fourth-order valence-corrected chi connectivity index (χ4v) is 2.53. The lowest BCUT2D eigenvalue weighted by Gasteiger charge is -2.29. The van der Waals surface area contributed by atoms with Gasteiger partial charge >= 0.3 is 5.97 Å². The Bertz CT molecular complexity index is 390. The van der Waals surface area contributed by atoms with Gasteiger partial charge in [0.2, 0.25) is 0 Å². The van der Waals surface area contributed by atoms with E-state index < -0.39 is 0 Å². The number of hydrogen-bond acceptors (Lipinski definition) is 3. The lowest BCUT2D eigenvalue weighted by atomic mass is 9.74. The number of carbonyl (C=O) groups excluding carboxylic acids is 1. The van der Waals surface area contributed by atoms with Crippen LogP contribution in [-0.2, 0) is 14.9 Å². The Morgan fingerprint density at radius 1 is 1.47 bits per heavy atom. The molecule has 0 aromatic heterocycles. The summed E-state index contributed by atoms with van der Waals surface area (Å²) >= 11 is 0. The second-order valence-corrected chi connectivity index (χ2v) is 4.72. The van der Waals surface area contributed by atoms with Crippen molar-refractivity contribution in [3.8, 4) is 0 Å². The average Bonchev–Trinajstić information content (AvgIpc) is 2.74. The first-order valence-corrected chi connectivity index (χ1v) is 6.11. The summed E-state index contributed by atoms with van der Waals surface area (Å²) in [5, 5.41) is 3.30. The lowest BCUT2D eigenvalue weighted by Crippen LogP contribution is -2.37. The maximum atomic E-state index is 12.0. The van der Waals surface area contributed by atoms with Gasteiger partial charge in [0, 0.05) is 18.5 Å². The molecule has 1 N–H and O–H groups in total. The highest BCUT2D eigenvalue weighted by Crippen LogP contribution is 2.35. The molecule has 2 rings (SSSR count). The van der Waals surface area contributed by atoms with Crippen LogP contribution in [0.4, 0.5) is 0 Å². The van der Waals surface area contributed by atoms with E-state index in [1.807, 2.05) is 25.1 Å². The van der Waals surface area contributed by atoms with Gasteiger partial charge in [-0.1, -0.05) is 37.3 Å². The summed E-state index contributed by atoms with van der Waals surface area (Å²) in [5.74, 6) is -0.186. The number of rotatable bonds is 3. The quantitative estimate of drug-likeness (QED) is 0.808. The van der Waals surface area contributed by atoms with E-state index in [2.05, 4.69) is 24.4 Å². The fraction of sp³-hybridized carbons (Fsp3) is 0.500. The molecule has 0 radical (unpaired) electrons. The van der Waals surface area contributed by atoms with Crippen molar-refractivity contribution in [2.45, 2.75) is 19.3 Å². The lowest BCUT2D eigenvalue weighted by molar-refractivity contribution is -0.149. The summed E-state index contributed by atoms with van der Waals surface area (Å²) in [5.41, 5.74) is 1.04. The summed E-state index contributed by atoms with van der Waals surface area (Å²) in [6.45, 7) is 5.94. The minimum absolute atomic E-state index is 0.0927. The molecule has 1 saturated heterocycles. The van der Waals surface area contributed by atoms with Crippen molar-refractivity contribution in [3.63, 3.8) is 0 Å². The van der Waals surface area contributed by atoms with Crippen molar-refractivity contribution in [3.05, 3.63) is 35.9 Å². The van der Waals surface area contributed by atoms with Crippen LogP contribution in [-0.4, -0.2) is 25.7 Å². The zero-order valence-corrected chi connectivity index (χ0v) is 10.4. The molecule has 0 aliphatic carbocycles. The highest BCUT2D eigenvalue weighted by Gasteiger charge is 2.45. The molecule has 1 aliphatic heterocycles. The SMILES string of the molecule is CCOC(=O)[C@@H]1CNC[C@]1(C)c1ccccc1. The van der Waals surface area contributed by atoms with Crippen LogP contribution in [0.15, 0.2) is 30.3 Å². The maximum Gasteiger partial charge on any atom is 0.311 e. The van der Waals surface area contributed by atoms with E-state index in [9.17, 15) is 4.79 Å². The van der Waals surface area contributed by atoms with E-state index >= 15 is 0 Å². The van der Waals surface area contributed by atoms with Crippen LogP contribution in [0.25, 0.3) is 0 Å². The minimum atomic E-state index is -0.159. The first-order chi connectivity index (χ1) is 8.18. The molecule has 0 amide bonds. The van der Waals surface area contributed by atoms with Crippen molar-refractivity contribution in [2.24, 2.45) is 5.92 Å². The number of carbonyl (C=O) groups is 1. The van der Waals surface area contributed by atoms with E-state index in [1.165, 1.54) is 5.56 Å². The summed E-state index contributed by atoms with van der Waals surface area (Å²) in [6, 6.07) is 10.2. The third-order valence-corrected chi connectivity index (χ3v) is 3.61. The third-order valence-electron chi connectivity index (χ3n) is 3.61. The van der Waals surface area contributed by atoms with E-state index in [-0.39, 0.29) is 17.3 Å². The van der Waals surface area contributed by atoms with Crippen LogP contribution in [0, 0.1) is 5.92 Å². The van der Waals surface area contributed by atoms with Gasteiger partial charge in [0.25, 0.3) is 0 Å². The number of hydrogen-bond donors (Lipinski definition) is 1. The predicted molar refractivity (Wildman–Crippen MR) is 66.8 cm³/mol. The van der Waals surface area contributed by atoms with Crippen LogP contribution >= 0.6 is 0 Å². The van der Waals surface area contributed by atoms with Crippen LogP contribution in [0.2, 0.25) is 0 Å². The maximum absolute atomic E-state index is 12.0. The highest BCUT2D eigenvalue weighted by molar-refractivity contribution is 5.75. The molecule has 1 aliphatic rings. The molecule has 0 saturated carbocycles. The van der Waals surface area contributed by atoms with Crippen molar-refractivity contribution < 1.29 is 9.53 Å². The van der Waals surface area contributed by atoms with Gasteiger partial charge in [-0.2, -0.15) is 0 Å². The first-order valence-electron chi connectivity index (χ1n) is 6.11. The number of nitrogens with one attached hydrogen (secondary N) is 1. The largest absolute Gasteiger partial charge is 0.466 e. The zero-order chi connectivity index (χ0) is 12.3. The molecule has 1 aromatic carbocycles. The standard InChI is InChI=1S/C14H19NO2/c1-3-17-13(16)12-9-15-10-14(12,2)11-7-5-4-6-8-11/h4-8,12,15H,3,9-10H2,1-2H3/t12-,14+/m0/s1. The summed E-state index contributed by atoms with van der Waals surface area (Å²) in [4.78, 5) is 12.0. The monoisotopic (exact) mass is 233 g/mol. The van der Waals surface area contributed by atoms with E-state index in [0.717, 1.165) is 6.54 Å². The molecule has 1 fully saturated rings. The van der Waals surface area contributed by atoms with Crippen molar-refractivity contribution in [1.82, 2.24) is 5.32 Å². The summed E-state index contributed by atoms with van der Waals surface area (Å²) < 4.78 is 5.16. The van der Waals surface area contributed by atoms with Crippen molar-refractivity contribution >= 4 is 5.97 Å². The summed E-state index contributed by atoms with van der Waals surface area (Å²) in [7, 11) is 0. The fourth-order valence-electron chi connectivity index (χ4n) is 2.53. The van der Waals surface area contributed by atoms with E-state index in [1.54, 1.807) is 0 Å². The molecular weight excluding hydrogens is 214 g/mol. The predicted octanol–water partition coefficient (Wildman–Crippen LogP) is 1.73. The Morgan fingerprint density at radius 2 is 2.18 bits per heavy atom. The van der Waals surface area contributed by atoms with Crippen LogP contribution in [0.3, 0.4) is 0 Å². The number of benzene rings is 1. The molecule has 3 heteroatoms. The Morgan fingerprint density at radius 3 is 2.82 bits per heavy atom. The first kappa shape index (κ1) is 12.1. The molecule has 0 spiro atoms. The molecule has 92 valence electrons. The Hall–Kier alpha value is -1.35. The molecular formula is C14H19NO2. The van der Waals surface area contributed by atoms with Gasteiger partial charge < -0.3 is 10.1 Å². The number of esters is 1. The van der Waals surface area contributed by atoms with Gasteiger partial charge in [0.1, 0.15) is 0 Å². The molecule has 1 heterocycles. The normalized spacial score (nSPS) is 28.0. The van der Waals surface area contributed by atoms with E-state index in [4.69, 9.17) is 4.74 Å². The van der Waals surface area contributed by atoms with Gasteiger partial charge in [-0.25, -0.2) is 0 Å². The molecule has 3 nitrogen and oxygen atoms in total. The highest BCUT2D eigenvalue weighted by atomic mass is 16.5. The van der Waals surface area contributed by atoms with Crippen LogP contribution < -0.4 is 5.32 Å². The topological polar surface area (TPSA) is 38.3 Å². The van der Waals surface area contributed by atoms with Gasteiger partial charge in [-0.15, -0.1) is 0 Å². The van der Waals surface area contributed by atoms with Gasteiger partial charge in [-0.3, -0.25) is 4.79 Å². The van der Waals surface area contributed by atoms with Gasteiger partial charge in [0.05, 0.1) is 12.5 Å². The molecule has 1 aromatic rings. The Balaban J connectivity index is 2.26. The Kier molecular flexibility index (Phi) is 3.48. The van der Waals surface area contributed by atoms with E-state index in [0.29, 0.717) is 13.2 Å². The molecule has 0 unspecified atom stereocenters. The van der Waals surface area contributed by atoms with Crippen LogP contribution in [0.5, 0.6) is 0 Å². The second-order valence-electron chi connectivity index (χ2n) is 4.72. The third kappa shape index (κ3) is 2.20. The molecule has 17 heavy (non-hydrogen) atoms. The zero-order valence-electron chi connectivity index (χ0n) is 10.4. The average molecular weight is 233 g/mol. The van der Waals surface area contributed by atoms with Gasteiger partial charge in [-0.05, 0) is 12.5 Å². The Labute approximate surface area is 102 Å². The summed E-state index contributed by atoms with van der Waals surface area (Å²) in [6.07, 6.45) is 0. The number of ether oxygens (including phenoxy) is 1. The minimum Gasteiger partial charge on any atom is -0.466 e. The second kappa shape index (κ2) is 4.88. The smallest absolute Gasteiger partial charge is 0.311 e.